The second kappa shape index (κ2) is 11.1. The topological polar surface area (TPSA) is 86.1 Å². The van der Waals surface area contributed by atoms with Gasteiger partial charge in [-0.25, -0.2) is 14.5 Å². The molecule has 0 bridgehead atoms. The molecule has 0 unspecified atom stereocenters. The quantitative estimate of drug-likeness (QED) is 0.275. The average molecular weight is 495 g/mol. The molecule has 174 valence electrons. The number of ether oxygens (including phenoxy) is 1. The van der Waals surface area contributed by atoms with E-state index in [1.165, 1.54) is 6.08 Å². The molecule has 0 saturated carbocycles. The number of thiazole rings is 1. The highest BCUT2D eigenvalue weighted by atomic mass is 35.5. The SMILES string of the molecule is Cc1nn(Cc2ccccc2)c(Cl)c1/C=C/C(=O)OCC(=O)NCCc1nc2ccccc2s1. The largest absolute Gasteiger partial charge is 0.452 e. The van der Waals surface area contributed by atoms with Crippen LogP contribution in [0.15, 0.2) is 60.7 Å². The lowest BCUT2D eigenvalue weighted by Gasteiger charge is -2.04. The molecule has 2 aromatic heterocycles. The minimum absolute atomic E-state index is 0.358. The van der Waals surface area contributed by atoms with Gasteiger partial charge in [0.1, 0.15) is 5.15 Å². The highest BCUT2D eigenvalue weighted by molar-refractivity contribution is 7.18. The number of halogens is 1. The van der Waals surface area contributed by atoms with E-state index in [9.17, 15) is 9.59 Å². The van der Waals surface area contributed by atoms with E-state index in [0.717, 1.165) is 20.8 Å². The molecule has 0 spiro atoms. The zero-order valence-corrected chi connectivity index (χ0v) is 20.1. The van der Waals surface area contributed by atoms with Gasteiger partial charge in [-0.15, -0.1) is 11.3 Å². The first kappa shape index (κ1) is 23.7. The van der Waals surface area contributed by atoms with Gasteiger partial charge in [-0.2, -0.15) is 5.10 Å². The number of rotatable bonds is 9. The molecule has 2 heterocycles. The van der Waals surface area contributed by atoms with Crippen molar-refractivity contribution in [3.05, 3.63) is 87.7 Å². The van der Waals surface area contributed by atoms with Crippen LogP contribution in [0.25, 0.3) is 16.3 Å². The number of benzene rings is 2. The Kier molecular flexibility index (Phi) is 7.72. The molecule has 0 fully saturated rings. The molecule has 2 aromatic carbocycles. The minimum atomic E-state index is -0.632. The van der Waals surface area contributed by atoms with E-state index in [1.807, 2.05) is 61.5 Å². The van der Waals surface area contributed by atoms with Gasteiger partial charge in [-0.3, -0.25) is 4.79 Å². The third kappa shape index (κ3) is 6.09. The minimum Gasteiger partial charge on any atom is -0.452 e. The second-order valence-electron chi connectivity index (χ2n) is 7.55. The van der Waals surface area contributed by atoms with Gasteiger partial charge in [-0.05, 0) is 30.7 Å². The number of aryl methyl sites for hydroxylation is 1. The number of carbonyl (C=O) groups excluding carboxylic acids is 2. The Morgan fingerprint density at radius 3 is 2.71 bits per heavy atom. The molecule has 0 saturated heterocycles. The lowest BCUT2D eigenvalue weighted by atomic mass is 10.2. The number of nitrogens with zero attached hydrogens (tertiary/aromatic N) is 3. The number of hydrogen-bond donors (Lipinski definition) is 1. The predicted octanol–water partition coefficient (Wildman–Crippen LogP) is 4.42. The molecule has 7 nitrogen and oxygen atoms in total. The summed E-state index contributed by atoms with van der Waals surface area (Å²) in [7, 11) is 0. The lowest BCUT2D eigenvalue weighted by molar-refractivity contribution is -0.143. The third-order valence-corrected chi connectivity index (χ3v) is 6.51. The maximum absolute atomic E-state index is 12.1. The number of aromatic nitrogens is 3. The van der Waals surface area contributed by atoms with E-state index in [0.29, 0.717) is 35.9 Å². The van der Waals surface area contributed by atoms with E-state index >= 15 is 0 Å². The van der Waals surface area contributed by atoms with Crippen LogP contribution in [-0.2, 0) is 27.3 Å². The fraction of sp³-hybridized carbons (Fsp3) is 0.200. The number of hydrogen-bond acceptors (Lipinski definition) is 6. The third-order valence-electron chi connectivity index (χ3n) is 5.02. The molecule has 9 heteroatoms. The maximum atomic E-state index is 12.1. The number of carbonyl (C=O) groups is 2. The van der Waals surface area contributed by atoms with E-state index in [1.54, 1.807) is 22.1 Å². The summed E-state index contributed by atoms with van der Waals surface area (Å²) in [6.45, 7) is 2.40. The van der Waals surface area contributed by atoms with Gasteiger partial charge in [0.25, 0.3) is 5.91 Å². The van der Waals surface area contributed by atoms with Crippen molar-refractivity contribution < 1.29 is 14.3 Å². The molecular weight excluding hydrogens is 472 g/mol. The van der Waals surface area contributed by atoms with Crippen molar-refractivity contribution >= 4 is 51.1 Å². The Morgan fingerprint density at radius 2 is 1.91 bits per heavy atom. The number of fused-ring (bicyclic) bond motifs is 1. The van der Waals surface area contributed by atoms with E-state index in [4.69, 9.17) is 16.3 Å². The van der Waals surface area contributed by atoms with Crippen molar-refractivity contribution in [3.8, 4) is 0 Å². The van der Waals surface area contributed by atoms with Crippen molar-refractivity contribution in [2.75, 3.05) is 13.2 Å². The van der Waals surface area contributed by atoms with Crippen LogP contribution < -0.4 is 5.32 Å². The summed E-state index contributed by atoms with van der Waals surface area (Å²) in [6, 6.07) is 17.7. The summed E-state index contributed by atoms with van der Waals surface area (Å²) < 4.78 is 7.83. The van der Waals surface area contributed by atoms with E-state index < -0.39 is 5.97 Å². The van der Waals surface area contributed by atoms with Gasteiger partial charge < -0.3 is 10.1 Å². The summed E-state index contributed by atoms with van der Waals surface area (Å²) in [5.74, 6) is -1.000. The standard InChI is InChI=1S/C25H23ClN4O3S/c1-17-19(25(26)30(29-17)15-18-7-3-2-4-8-18)11-12-24(32)33-16-22(31)27-14-13-23-28-20-9-5-6-10-21(20)34-23/h2-12H,13-16H2,1H3,(H,27,31)/b12-11+. The zero-order valence-electron chi connectivity index (χ0n) is 18.5. The van der Waals surface area contributed by atoms with Gasteiger partial charge in [-0.1, -0.05) is 54.1 Å². The normalized spacial score (nSPS) is 11.2. The molecule has 0 aliphatic heterocycles. The molecular formula is C25H23ClN4O3S. The molecule has 0 aliphatic rings. The van der Waals surface area contributed by atoms with E-state index in [-0.39, 0.29) is 12.5 Å². The molecule has 34 heavy (non-hydrogen) atoms. The Hall–Kier alpha value is -3.49. The second-order valence-corrected chi connectivity index (χ2v) is 9.02. The molecule has 4 rings (SSSR count). The monoisotopic (exact) mass is 494 g/mol. The van der Waals surface area contributed by atoms with Crippen LogP contribution in [-0.4, -0.2) is 39.8 Å². The van der Waals surface area contributed by atoms with Crippen molar-refractivity contribution in [2.24, 2.45) is 0 Å². The van der Waals surface area contributed by atoms with Gasteiger partial charge in [0.05, 0.1) is 27.5 Å². The molecule has 0 aliphatic carbocycles. The van der Waals surface area contributed by atoms with Crippen LogP contribution in [0.2, 0.25) is 5.15 Å². The van der Waals surface area contributed by atoms with Crippen LogP contribution in [0.5, 0.6) is 0 Å². The lowest BCUT2D eigenvalue weighted by Crippen LogP contribution is -2.30. The molecule has 4 aromatic rings. The summed E-state index contributed by atoms with van der Waals surface area (Å²) in [4.78, 5) is 28.6. The van der Waals surface area contributed by atoms with Crippen LogP contribution in [0, 0.1) is 6.92 Å². The number of para-hydroxylation sites is 1. The van der Waals surface area contributed by atoms with Crippen molar-refractivity contribution in [3.63, 3.8) is 0 Å². The van der Waals surface area contributed by atoms with Gasteiger partial charge >= 0.3 is 5.97 Å². The Labute approximate surface area is 206 Å². The van der Waals surface area contributed by atoms with Crippen LogP contribution in [0.1, 0.15) is 21.8 Å². The number of nitrogens with one attached hydrogen (secondary N) is 1. The zero-order chi connectivity index (χ0) is 23.9. The molecule has 0 radical (unpaired) electrons. The summed E-state index contributed by atoms with van der Waals surface area (Å²) >= 11 is 8.05. The average Bonchev–Trinajstić information content (AvgIpc) is 3.36. The maximum Gasteiger partial charge on any atom is 0.331 e. The fourth-order valence-electron chi connectivity index (χ4n) is 3.34. The molecule has 0 atom stereocenters. The number of amides is 1. The van der Waals surface area contributed by atoms with Crippen LogP contribution >= 0.6 is 22.9 Å². The van der Waals surface area contributed by atoms with Gasteiger partial charge in [0, 0.05) is 24.6 Å². The molecule has 1 amide bonds. The first-order valence-electron chi connectivity index (χ1n) is 10.7. The summed E-state index contributed by atoms with van der Waals surface area (Å²) in [6.07, 6.45) is 3.42. The van der Waals surface area contributed by atoms with Crippen molar-refractivity contribution in [1.82, 2.24) is 20.1 Å². The Balaban J connectivity index is 1.23. The predicted molar refractivity (Wildman–Crippen MR) is 134 cm³/mol. The Morgan fingerprint density at radius 1 is 1.15 bits per heavy atom. The highest BCUT2D eigenvalue weighted by Crippen LogP contribution is 2.23. The highest BCUT2D eigenvalue weighted by Gasteiger charge is 2.12. The first-order chi connectivity index (χ1) is 16.5. The van der Waals surface area contributed by atoms with Crippen LogP contribution in [0.4, 0.5) is 0 Å². The smallest absolute Gasteiger partial charge is 0.331 e. The van der Waals surface area contributed by atoms with Gasteiger partial charge in [0.2, 0.25) is 0 Å². The Bertz CT molecular complexity index is 1300. The van der Waals surface area contributed by atoms with Crippen molar-refractivity contribution in [2.45, 2.75) is 19.9 Å². The van der Waals surface area contributed by atoms with Gasteiger partial charge in [0.15, 0.2) is 6.61 Å². The summed E-state index contributed by atoms with van der Waals surface area (Å²) in [5.41, 5.74) is 3.35. The van der Waals surface area contributed by atoms with Crippen LogP contribution in [0.3, 0.4) is 0 Å². The summed E-state index contributed by atoms with van der Waals surface area (Å²) in [5, 5.41) is 8.56. The number of esters is 1. The fourth-order valence-corrected chi connectivity index (χ4v) is 4.60. The van der Waals surface area contributed by atoms with Crippen molar-refractivity contribution in [1.29, 1.82) is 0 Å². The molecule has 1 N–H and O–H groups in total. The first-order valence-corrected chi connectivity index (χ1v) is 11.9. The van der Waals surface area contributed by atoms with E-state index in [2.05, 4.69) is 15.4 Å².